The molecule has 2 rings (SSSR count). The topological polar surface area (TPSA) is 18.5 Å². The first-order valence-electron chi connectivity index (χ1n) is 3.16. The Balaban J connectivity index is 2.14. The molecule has 0 aromatic rings. The third kappa shape index (κ3) is 0.400. The molecule has 2 nitrogen and oxygen atoms in total. The molecule has 1 heterocycles. The minimum absolute atomic E-state index is 0.111. The van der Waals surface area contributed by atoms with Crippen LogP contribution in [0.25, 0.3) is 0 Å². The first-order valence-corrected chi connectivity index (χ1v) is 3.16. The van der Waals surface area contributed by atoms with Crippen LogP contribution in [0.5, 0.6) is 0 Å². The van der Waals surface area contributed by atoms with E-state index >= 15 is 0 Å². The maximum atomic E-state index is 4.94. The summed E-state index contributed by atoms with van der Waals surface area (Å²) in [6, 6.07) is 0. The van der Waals surface area contributed by atoms with E-state index in [1.54, 1.807) is 0 Å². The van der Waals surface area contributed by atoms with Gasteiger partial charge in [0.15, 0.2) is 0 Å². The van der Waals surface area contributed by atoms with Crippen LogP contribution in [0.4, 0.5) is 0 Å². The fraction of sp³-hybridized carbons (Fsp3) is 1.00. The summed E-state index contributed by atoms with van der Waals surface area (Å²) in [5.74, 6) is 0. The highest BCUT2D eigenvalue weighted by atomic mass is 17.3. The molecule has 0 bridgehead atoms. The second-order valence-electron chi connectivity index (χ2n) is 2.87. The molecular weight excluding hydrogens is 104 g/mol. The molecule has 1 saturated carbocycles. The molecule has 46 valence electrons. The molecule has 2 unspecified atom stereocenters. The SMILES string of the molecule is CC12CCCC1OO2. The molecule has 2 heteroatoms. The van der Waals surface area contributed by atoms with Crippen LogP contribution in [-0.2, 0) is 9.78 Å². The Kier molecular flexibility index (Phi) is 0.746. The Morgan fingerprint density at radius 2 is 2.50 bits per heavy atom. The quantitative estimate of drug-likeness (QED) is 0.441. The van der Waals surface area contributed by atoms with Crippen molar-refractivity contribution >= 4 is 0 Å². The van der Waals surface area contributed by atoms with Crippen molar-refractivity contribution in [3.63, 3.8) is 0 Å². The van der Waals surface area contributed by atoms with Gasteiger partial charge in [-0.2, -0.15) is 0 Å². The molecule has 2 aliphatic rings. The van der Waals surface area contributed by atoms with E-state index in [1.165, 1.54) is 19.3 Å². The Morgan fingerprint density at radius 1 is 1.62 bits per heavy atom. The molecule has 0 aromatic carbocycles. The van der Waals surface area contributed by atoms with E-state index < -0.39 is 0 Å². The molecule has 2 atom stereocenters. The van der Waals surface area contributed by atoms with Crippen molar-refractivity contribution in [2.45, 2.75) is 37.9 Å². The molecule has 0 radical (unpaired) electrons. The lowest BCUT2D eigenvalue weighted by molar-refractivity contribution is -0.496. The maximum Gasteiger partial charge on any atom is 0.130 e. The summed E-state index contributed by atoms with van der Waals surface area (Å²) in [7, 11) is 0. The van der Waals surface area contributed by atoms with Crippen LogP contribution in [-0.4, -0.2) is 11.7 Å². The van der Waals surface area contributed by atoms with E-state index in [4.69, 9.17) is 9.78 Å². The van der Waals surface area contributed by atoms with Gasteiger partial charge < -0.3 is 0 Å². The lowest BCUT2D eigenvalue weighted by Gasteiger charge is -2.39. The molecule has 0 N–H and O–H groups in total. The summed E-state index contributed by atoms with van der Waals surface area (Å²) in [5.41, 5.74) is 0.111. The molecule has 1 saturated heterocycles. The van der Waals surface area contributed by atoms with Crippen LogP contribution in [0.1, 0.15) is 26.2 Å². The molecule has 1 aliphatic heterocycles. The molecule has 0 aromatic heterocycles. The number of rotatable bonds is 0. The van der Waals surface area contributed by atoms with Gasteiger partial charge in [-0.25, -0.2) is 9.78 Å². The van der Waals surface area contributed by atoms with Gasteiger partial charge in [-0.05, 0) is 26.2 Å². The third-order valence-electron chi connectivity index (χ3n) is 2.18. The average molecular weight is 114 g/mol. The fourth-order valence-corrected chi connectivity index (χ4v) is 1.47. The van der Waals surface area contributed by atoms with Gasteiger partial charge in [0.2, 0.25) is 0 Å². The predicted molar refractivity (Wildman–Crippen MR) is 28.2 cm³/mol. The highest BCUT2D eigenvalue weighted by Gasteiger charge is 2.50. The van der Waals surface area contributed by atoms with E-state index in [9.17, 15) is 0 Å². The first-order chi connectivity index (χ1) is 3.81. The molecule has 2 fully saturated rings. The lowest BCUT2D eigenvalue weighted by atomic mass is 10.0. The van der Waals surface area contributed by atoms with E-state index in [1.807, 2.05) is 0 Å². The lowest BCUT2D eigenvalue weighted by Crippen LogP contribution is -2.49. The van der Waals surface area contributed by atoms with Crippen LogP contribution in [0, 0.1) is 0 Å². The van der Waals surface area contributed by atoms with Crippen molar-refractivity contribution in [3.05, 3.63) is 0 Å². The van der Waals surface area contributed by atoms with Gasteiger partial charge >= 0.3 is 0 Å². The standard InChI is InChI=1S/C6H10O2/c1-6-4-2-3-5(6)7-8-6/h5H,2-4H2,1H3. The van der Waals surface area contributed by atoms with Crippen molar-refractivity contribution in [3.8, 4) is 0 Å². The fourth-order valence-electron chi connectivity index (χ4n) is 1.47. The number of hydrogen-bond acceptors (Lipinski definition) is 2. The van der Waals surface area contributed by atoms with E-state index in [0.717, 1.165) is 0 Å². The second kappa shape index (κ2) is 1.25. The normalized spacial score (nSPS) is 52.9. The van der Waals surface area contributed by atoms with Crippen molar-refractivity contribution in [1.29, 1.82) is 0 Å². The zero-order valence-electron chi connectivity index (χ0n) is 5.02. The molecule has 1 aliphatic carbocycles. The van der Waals surface area contributed by atoms with Gasteiger partial charge in [0.05, 0.1) is 0 Å². The van der Waals surface area contributed by atoms with Crippen LogP contribution >= 0.6 is 0 Å². The van der Waals surface area contributed by atoms with Gasteiger partial charge in [0, 0.05) is 0 Å². The minimum atomic E-state index is 0.111. The van der Waals surface area contributed by atoms with E-state index in [2.05, 4.69) is 6.92 Å². The van der Waals surface area contributed by atoms with E-state index in [0.29, 0.717) is 6.10 Å². The van der Waals surface area contributed by atoms with Crippen molar-refractivity contribution < 1.29 is 9.78 Å². The van der Waals surface area contributed by atoms with Crippen LogP contribution < -0.4 is 0 Å². The summed E-state index contributed by atoms with van der Waals surface area (Å²) in [5, 5.41) is 0. The first kappa shape index (κ1) is 4.77. The van der Waals surface area contributed by atoms with Gasteiger partial charge in [-0.3, -0.25) is 0 Å². The van der Waals surface area contributed by atoms with Gasteiger partial charge in [0.1, 0.15) is 11.7 Å². The van der Waals surface area contributed by atoms with Crippen molar-refractivity contribution in [2.75, 3.05) is 0 Å². The molecule has 8 heavy (non-hydrogen) atoms. The predicted octanol–water partition coefficient (Wildman–Crippen LogP) is 1.26. The molecular formula is C6H10O2. The van der Waals surface area contributed by atoms with Gasteiger partial charge in [-0.1, -0.05) is 0 Å². The maximum absolute atomic E-state index is 4.94. The monoisotopic (exact) mass is 114 g/mol. The zero-order chi connectivity index (χ0) is 5.61. The van der Waals surface area contributed by atoms with Crippen molar-refractivity contribution in [2.24, 2.45) is 0 Å². The smallest absolute Gasteiger partial charge is 0.130 e. The molecule has 0 spiro atoms. The number of hydrogen-bond donors (Lipinski definition) is 0. The highest BCUT2D eigenvalue weighted by Crippen LogP contribution is 2.42. The summed E-state index contributed by atoms with van der Waals surface area (Å²) in [4.78, 5) is 9.80. The van der Waals surface area contributed by atoms with Crippen LogP contribution in [0.3, 0.4) is 0 Å². The summed E-state index contributed by atoms with van der Waals surface area (Å²) < 4.78 is 0. The Hall–Kier alpha value is -0.0800. The Morgan fingerprint density at radius 3 is 2.75 bits per heavy atom. The highest BCUT2D eigenvalue weighted by molar-refractivity contribution is 4.93. The molecule has 0 amide bonds. The van der Waals surface area contributed by atoms with Crippen LogP contribution in [0.2, 0.25) is 0 Å². The summed E-state index contributed by atoms with van der Waals surface area (Å²) in [6.45, 7) is 2.12. The Bertz CT molecular complexity index is 113. The summed E-state index contributed by atoms with van der Waals surface area (Å²) in [6.07, 6.45) is 4.05. The minimum Gasteiger partial charge on any atom is -0.230 e. The number of fused-ring (bicyclic) bond motifs is 1. The summed E-state index contributed by atoms with van der Waals surface area (Å²) >= 11 is 0. The Labute approximate surface area is 48.7 Å². The zero-order valence-corrected chi connectivity index (χ0v) is 5.02. The third-order valence-corrected chi connectivity index (χ3v) is 2.18. The van der Waals surface area contributed by atoms with Crippen molar-refractivity contribution in [1.82, 2.24) is 0 Å². The van der Waals surface area contributed by atoms with Crippen LogP contribution in [0.15, 0.2) is 0 Å². The average Bonchev–Trinajstić information content (AvgIpc) is 1.94. The van der Waals surface area contributed by atoms with Gasteiger partial charge in [0.25, 0.3) is 0 Å². The second-order valence-corrected chi connectivity index (χ2v) is 2.87. The van der Waals surface area contributed by atoms with Gasteiger partial charge in [-0.15, -0.1) is 0 Å². The van der Waals surface area contributed by atoms with E-state index in [-0.39, 0.29) is 5.60 Å². The largest absolute Gasteiger partial charge is 0.230 e.